The summed E-state index contributed by atoms with van der Waals surface area (Å²) < 4.78 is 16.0. The van der Waals surface area contributed by atoms with Crippen molar-refractivity contribution in [2.45, 2.75) is 6.42 Å². The van der Waals surface area contributed by atoms with Gasteiger partial charge in [0, 0.05) is 22.1 Å². The van der Waals surface area contributed by atoms with Crippen LogP contribution in [0.15, 0.2) is 53.0 Å². The molecule has 0 bridgehead atoms. The fourth-order valence-corrected chi connectivity index (χ4v) is 3.05. The topological polar surface area (TPSA) is 29.9 Å². The van der Waals surface area contributed by atoms with Crippen LogP contribution >= 0.6 is 15.9 Å². The van der Waals surface area contributed by atoms with Gasteiger partial charge in [-0.3, -0.25) is 0 Å². The number of hydrogen-bond acceptors (Lipinski definition) is 2. The van der Waals surface area contributed by atoms with Crippen LogP contribution in [-0.4, -0.2) is 16.3 Å². The Hall–Kier alpha value is -2.14. The van der Waals surface area contributed by atoms with Gasteiger partial charge in [-0.15, -0.1) is 0 Å². The van der Waals surface area contributed by atoms with Crippen molar-refractivity contribution < 1.29 is 4.39 Å². The van der Waals surface area contributed by atoms with Crippen molar-refractivity contribution in [1.82, 2.24) is 9.78 Å². The Morgan fingerprint density at radius 2 is 1.77 bits per heavy atom. The van der Waals surface area contributed by atoms with E-state index in [0.29, 0.717) is 0 Å². The standard InChI is InChI=1S/C17H13BrFN3/c18-12-3-1-11(2-4-12)16-15-9-10-20-17(15)22(21-16)14-7-5-13(19)6-8-14/h1-8,20H,9-10H2. The molecule has 1 aromatic heterocycles. The maximum Gasteiger partial charge on any atom is 0.133 e. The molecule has 0 unspecified atom stereocenters. The molecule has 3 nitrogen and oxygen atoms in total. The molecule has 0 spiro atoms. The van der Waals surface area contributed by atoms with Gasteiger partial charge in [-0.05, 0) is 42.8 Å². The van der Waals surface area contributed by atoms with E-state index in [-0.39, 0.29) is 5.82 Å². The number of nitrogens with zero attached hydrogens (tertiary/aromatic N) is 2. The zero-order valence-electron chi connectivity index (χ0n) is 11.7. The average Bonchev–Trinajstić information content (AvgIpc) is 3.12. The van der Waals surface area contributed by atoms with Gasteiger partial charge in [0.2, 0.25) is 0 Å². The molecule has 0 aliphatic carbocycles. The zero-order valence-corrected chi connectivity index (χ0v) is 13.3. The molecule has 0 saturated carbocycles. The summed E-state index contributed by atoms with van der Waals surface area (Å²) in [6, 6.07) is 14.5. The minimum atomic E-state index is -0.242. The van der Waals surface area contributed by atoms with Crippen LogP contribution in [0, 0.1) is 5.82 Å². The van der Waals surface area contributed by atoms with Gasteiger partial charge in [-0.1, -0.05) is 28.1 Å². The van der Waals surface area contributed by atoms with E-state index in [9.17, 15) is 4.39 Å². The SMILES string of the molecule is Fc1ccc(-n2nc(-c3ccc(Br)cc3)c3c2NCC3)cc1. The van der Waals surface area contributed by atoms with Crippen LogP contribution in [0.3, 0.4) is 0 Å². The third-order valence-electron chi connectivity index (χ3n) is 3.84. The maximum absolute atomic E-state index is 13.1. The van der Waals surface area contributed by atoms with E-state index < -0.39 is 0 Å². The number of rotatable bonds is 2. The second-order valence-electron chi connectivity index (χ2n) is 5.25. The van der Waals surface area contributed by atoms with Gasteiger partial charge in [0.25, 0.3) is 0 Å². The molecule has 0 amide bonds. The zero-order chi connectivity index (χ0) is 15.1. The first kappa shape index (κ1) is 13.5. The van der Waals surface area contributed by atoms with Gasteiger partial charge in [0.15, 0.2) is 0 Å². The summed E-state index contributed by atoms with van der Waals surface area (Å²) in [5, 5.41) is 8.13. The number of hydrogen-bond donors (Lipinski definition) is 1. The van der Waals surface area contributed by atoms with Crippen molar-refractivity contribution in [1.29, 1.82) is 0 Å². The van der Waals surface area contributed by atoms with Crippen molar-refractivity contribution >= 4 is 21.7 Å². The Bertz CT molecular complexity index is 754. The summed E-state index contributed by atoms with van der Waals surface area (Å²) in [6.45, 7) is 0.901. The number of aromatic nitrogens is 2. The first-order valence-electron chi connectivity index (χ1n) is 7.10. The third kappa shape index (κ3) is 2.22. The normalized spacial score (nSPS) is 13.0. The number of nitrogens with one attached hydrogen (secondary N) is 1. The van der Waals surface area contributed by atoms with Crippen molar-refractivity contribution in [3.8, 4) is 16.9 Å². The van der Waals surface area contributed by atoms with Gasteiger partial charge in [0.1, 0.15) is 11.6 Å². The molecule has 1 N–H and O–H groups in total. The van der Waals surface area contributed by atoms with Crippen LogP contribution in [0.4, 0.5) is 10.2 Å². The lowest BCUT2D eigenvalue weighted by molar-refractivity contribution is 0.627. The number of halogens is 2. The van der Waals surface area contributed by atoms with Gasteiger partial charge in [-0.25, -0.2) is 9.07 Å². The second-order valence-corrected chi connectivity index (χ2v) is 6.16. The summed E-state index contributed by atoms with van der Waals surface area (Å²) in [6.07, 6.45) is 0.946. The van der Waals surface area contributed by atoms with Crippen molar-refractivity contribution in [2.75, 3.05) is 11.9 Å². The summed E-state index contributed by atoms with van der Waals surface area (Å²) in [7, 11) is 0. The van der Waals surface area contributed by atoms with E-state index in [1.165, 1.54) is 17.7 Å². The predicted molar refractivity (Wildman–Crippen MR) is 88.9 cm³/mol. The molecule has 110 valence electrons. The average molecular weight is 358 g/mol. The molecule has 0 saturated heterocycles. The van der Waals surface area contributed by atoms with E-state index in [0.717, 1.165) is 40.2 Å². The minimum Gasteiger partial charge on any atom is -0.369 e. The molecular formula is C17H13BrFN3. The van der Waals surface area contributed by atoms with Crippen LogP contribution in [0.25, 0.3) is 16.9 Å². The Kier molecular flexibility index (Phi) is 3.22. The molecule has 0 fully saturated rings. The van der Waals surface area contributed by atoms with E-state index >= 15 is 0 Å². The van der Waals surface area contributed by atoms with Crippen LogP contribution in [0.1, 0.15) is 5.56 Å². The van der Waals surface area contributed by atoms with Gasteiger partial charge < -0.3 is 5.32 Å². The van der Waals surface area contributed by atoms with Crippen molar-refractivity contribution in [2.24, 2.45) is 0 Å². The van der Waals surface area contributed by atoms with E-state index in [1.54, 1.807) is 12.1 Å². The molecular weight excluding hydrogens is 345 g/mol. The molecule has 22 heavy (non-hydrogen) atoms. The number of fused-ring (bicyclic) bond motifs is 1. The van der Waals surface area contributed by atoms with Crippen LogP contribution in [0.2, 0.25) is 0 Å². The summed E-state index contributed by atoms with van der Waals surface area (Å²) >= 11 is 3.46. The van der Waals surface area contributed by atoms with E-state index in [1.807, 2.05) is 16.8 Å². The highest BCUT2D eigenvalue weighted by atomic mass is 79.9. The van der Waals surface area contributed by atoms with Crippen molar-refractivity contribution in [3.63, 3.8) is 0 Å². The maximum atomic E-state index is 13.1. The van der Waals surface area contributed by atoms with Crippen LogP contribution in [0.5, 0.6) is 0 Å². The molecule has 1 aliphatic heterocycles. The van der Waals surface area contributed by atoms with Crippen LogP contribution < -0.4 is 5.32 Å². The van der Waals surface area contributed by atoms with E-state index in [2.05, 4.69) is 33.4 Å². The first-order valence-corrected chi connectivity index (χ1v) is 7.89. The Labute approximate surface area is 135 Å². The molecule has 2 aromatic carbocycles. The number of benzene rings is 2. The molecule has 1 aliphatic rings. The second kappa shape index (κ2) is 5.25. The predicted octanol–water partition coefficient (Wildman–Crippen LogP) is 4.41. The summed E-state index contributed by atoms with van der Waals surface area (Å²) in [5.41, 5.74) is 4.14. The fraction of sp³-hybridized carbons (Fsp3) is 0.118. The minimum absolute atomic E-state index is 0.242. The van der Waals surface area contributed by atoms with Crippen molar-refractivity contribution in [3.05, 3.63) is 64.4 Å². The molecule has 0 radical (unpaired) electrons. The third-order valence-corrected chi connectivity index (χ3v) is 4.37. The van der Waals surface area contributed by atoms with E-state index in [4.69, 9.17) is 5.10 Å². The van der Waals surface area contributed by atoms with Gasteiger partial charge >= 0.3 is 0 Å². The lowest BCUT2D eigenvalue weighted by Crippen LogP contribution is -2.04. The Balaban J connectivity index is 1.86. The molecule has 0 atom stereocenters. The quantitative estimate of drug-likeness (QED) is 0.736. The Morgan fingerprint density at radius 1 is 1.05 bits per heavy atom. The Morgan fingerprint density at radius 3 is 2.50 bits per heavy atom. The van der Waals surface area contributed by atoms with Crippen LogP contribution in [-0.2, 0) is 6.42 Å². The fourth-order valence-electron chi connectivity index (χ4n) is 2.78. The highest BCUT2D eigenvalue weighted by Gasteiger charge is 2.23. The lowest BCUT2D eigenvalue weighted by Gasteiger charge is -2.06. The molecule has 3 aromatic rings. The molecule has 2 heterocycles. The highest BCUT2D eigenvalue weighted by molar-refractivity contribution is 9.10. The monoisotopic (exact) mass is 357 g/mol. The summed E-state index contributed by atoms with van der Waals surface area (Å²) in [5.74, 6) is 0.762. The first-order chi connectivity index (χ1) is 10.7. The summed E-state index contributed by atoms with van der Waals surface area (Å²) in [4.78, 5) is 0. The molecule has 5 heteroatoms. The largest absolute Gasteiger partial charge is 0.369 e. The lowest BCUT2D eigenvalue weighted by atomic mass is 10.1. The smallest absolute Gasteiger partial charge is 0.133 e. The number of anilines is 1. The van der Waals surface area contributed by atoms with Gasteiger partial charge in [-0.2, -0.15) is 5.10 Å². The highest BCUT2D eigenvalue weighted by Crippen LogP contribution is 2.34. The molecule has 4 rings (SSSR count). The van der Waals surface area contributed by atoms with Gasteiger partial charge in [0.05, 0.1) is 11.4 Å².